The van der Waals surface area contributed by atoms with Crippen LogP contribution in [0, 0.1) is 0 Å². The fourth-order valence-electron chi connectivity index (χ4n) is 5.07. The number of anilines is 2. The largest absolute Gasteiger partial charge is 0.385 e. The number of pyridine rings is 1. The molecular formula is C30H33ClN8O3. The number of carbonyl (C=O) groups is 2. The normalized spacial score (nSPS) is 14.5. The number of piperidine rings is 1. The molecule has 0 radical (unpaired) electrons. The van der Waals surface area contributed by atoms with Crippen molar-refractivity contribution in [2.24, 2.45) is 5.73 Å². The van der Waals surface area contributed by atoms with Gasteiger partial charge in [-0.05, 0) is 61.2 Å². The van der Waals surface area contributed by atoms with E-state index in [-0.39, 0.29) is 17.9 Å². The number of likely N-dealkylation sites (tertiary alicyclic amines) is 1. The van der Waals surface area contributed by atoms with E-state index < -0.39 is 6.04 Å². The average Bonchev–Trinajstić information content (AvgIpc) is 3.45. The second-order valence-corrected chi connectivity index (χ2v) is 10.5. The van der Waals surface area contributed by atoms with Crippen molar-refractivity contribution in [2.45, 2.75) is 31.3 Å². The number of nitrogens with two attached hydrogens (primary N) is 1. The number of fused-ring (bicyclic) bond motifs is 1. The standard InChI is InChI=1S/C30H33ClN8O3/c1-3-26(40)37-25-7-6-18(15-21(25)24(32)10-14-42-2)29(41)39-12-8-19(9-13-39)36-30-35-17-23(31)27(38-30)22-16-34-28-20(22)5-4-11-33-28/h3-7,11,15-17,19,24H,1,8-10,12-14,32H2,2H3,(H,33,34)(H,37,40)(H,35,36,38). The molecule has 5 rings (SSSR count). The minimum atomic E-state index is -0.419. The molecule has 4 heterocycles. The molecule has 12 heteroatoms. The molecule has 5 N–H and O–H groups in total. The van der Waals surface area contributed by atoms with E-state index >= 15 is 0 Å². The van der Waals surface area contributed by atoms with Crippen molar-refractivity contribution >= 4 is 46.1 Å². The Bertz CT molecular complexity index is 1600. The first kappa shape index (κ1) is 29.2. The van der Waals surface area contributed by atoms with Crippen LogP contribution in [0.25, 0.3) is 22.3 Å². The molecule has 0 saturated carbocycles. The van der Waals surface area contributed by atoms with E-state index in [0.29, 0.717) is 59.6 Å². The number of hydrogen-bond donors (Lipinski definition) is 4. The third-order valence-corrected chi connectivity index (χ3v) is 7.62. The van der Waals surface area contributed by atoms with Crippen LogP contribution >= 0.6 is 11.6 Å². The van der Waals surface area contributed by atoms with Crippen LogP contribution in [0.5, 0.6) is 0 Å². The van der Waals surface area contributed by atoms with E-state index in [2.05, 4.69) is 32.2 Å². The van der Waals surface area contributed by atoms with Crippen LogP contribution in [-0.2, 0) is 9.53 Å². The molecule has 1 unspecified atom stereocenters. The number of amides is 2. The lowest BCUT2D eigenvalue weighted by molar-refractivity contribution is -0.111. The number of nitrogens with one attached hydrogen (secondary N) is 3. The van der Waals surface area contributed by atoms with E-state index in [4.69, 9.17) is 27.1 Å². The summed E-state index contributed by atoms with van der Waals surface area (Å²) in [6.45, 7) is 5.08. The fourth-order valence-corrected chi connectivity index (χ4v) is 5.26. The molecule has 1 atom stereocenters. The van der Waals surface area contributed by atoms with Crippen molar-refractivity contribution in [3.8, 4) is 11.3 Å². The highest BCUT2D eigenvalue weighted by molar-refractivity contribution is 6.33. The van der Waals surface area contributed by atoms with Gasteiger partial charge in [0, 0.05) is 73.5 Å². The van der Waals surface area contributed by atoms with Crippen LogP contribution in [0.15, 0.2) is 61.6 Å². The molecule has 1 aliphatic rings. The molecule has 1 aromatic carbocycles. The summed E-state index contributed by atoms with van der Waals surface area (Å²) < 4.78 is 5.17. The number of H-pyrrole nitrogens is 1. The number of methoxy groups -OCH3 is 1. The first-order valence-electron chi connectivity index (χ1n) is 13.7. The highest BCUT2D eigenvalue weighted by Crippen LogP contribution is 2.32. The van der Waals surface area contributed by atoms with Crippen molar-refractivity contribution < 1.29 is 14.3 Å². The van der Waals surface area contributed by atoms with Crippen LogP contribution in [0.3, 0.4) is 0 Å². The molecular weight excluding hydrogens is 556 g/mol. The molecule has 4 aromatic rings. The summed E-state index contributed by atoms with van der Waals surface area (Å²) in [5, 5.41) is 7.56. The Hall–Kier alpha value is -4.32. The SMILES string of the molecule is C=CC(=O)Nc1ccc(C(=O)N2CCC(Nc3ncc(Cl)c(-c4c[nH]c5ncccc45)n3)CC2)cc1C(N)CCOC. The molecule has 0 spiro atoms. The first-order chi connectivity index (χ1) is 20.4. The quantitative estimate of drug-likeness (QED) is 0.197. The number of nitrogens with zero attached hydrogens (tertiary/aromatic N) is 4. The van der Waals surface area contributed by atoms with Crippen molar-refractivity contribution in [3.63, 3.8) is 0 Å². The fraction of sp³-hybridized carbons (Fsp3) is 0.300. The molecule has 1 aliphatic heterocycles. The maximum Gasteiger partial charge on any atom is 0.253 e. The smallest absolute Gasteiger partial charge is 0.253 e. The Kier molecular flexibility index (Phi) is 9.11. The topological polar surface area (TPSA) is 151 Å². The van der Waals surface area contributed by atoms with Gasteiger partial charge in [0.15, 0.2) is 0 Å². The number of aromatic nitrogens is 4. The van der Waals surface area contributed by atoms with E-state index in [9.17, 15) is 9.59 Å². The van der Waals surface area contributed by atoms with E-state index in [1.54, 1.807) is 37.7 Å². The number of halogens is 1. The summed E-state index contributed by atoms with van der Waals surface area (Å²) >= 11 is 6.47. The zero-order valence-electron chi connectivity index (χ0n) is 23.3. The minimum absolute atomic E-state index is 0.0854. The number of ether oxygens (including phenoxy) is 1. The molecule has 42 heavy (non-hydrogen) atoms. The molecule has 0 aliphatic carbocycles. The second kappa shape index (κ2) is 13.1. The lowest BCUT2D eigenvalue weighted by Gasteiger charge is -2.32. The van der Waals surface area contributed by atoms with Crippen molar-refractivity contribution in [3.05, 3.63) is 77.7 Å². The Morgan fingerprint density at radius 3 is 2.86 bits per heavy atom. The predicted molar refractivity (Wildman–Crippen MR) is 163 cm³/mol. The van der Waals surface area contributed by atoms with Gasteiger partial charge in [-0.25, -0.2) is 15.0 Å². The summed E-state index contributed by atoms with van der Waals surface area (Å²) in [6, 6.07) is 8.68. The second-order valence-electron chi connectivity index (χ2n) is 10.1. The van der Waals surface area contributed by atoms with Crippen LogP contribution in [0.2, 0.25) is 5.02 Å². The van der Waals surface area contributed by atoms with Crippen LogP contribution in [-0.4, -0.2) is 69.5 Å². The number of benzene rings is 1. The summed E-state index contributed by atoms with van der Waals surface area (Å²) in [6.07, 6.45) is 8.33. The Morgan fingerprint density at radius 2 is 2.10 bits per heavy atom. The molecule has 1 fully saturated rings. The molecule has 3 aromatic heterocycles. The summed E-state index contributed by atoms with van der Waals surface area (Å²) in [5.74, 6) is 0.0385. The number of aromatic amines is 1. The summed E-state index contributed by atoms with van der Waals surface area (Å²) in [5.41, 5.74) is 10.4. The predicted octanol–water partition coefficient (Wildman–Crippen LogP) is 4.55. The van der Waals surface area contributed by atoms with Crippen LogP contribution < -0.4 is 16.4 Å². The molecule has 1 saturated heterocycles. The Morgan fingerprint density at radius 1 is 1.29 bits per heavy atom. The van der Waals surface area contributed by atoms with Crippen LogP contribution in [0.4, 0.5) is 11.6 Å². The zero-order chi connectivity index (χ0) is 29.6. The van der Waals surface area contributed by atoms with Gasteiger partial charge in [0.05, 0.1) is 16.9 Å². The van der Waals surface area contributed by atoms with Gasteiger partial charge in [-0.2, -0.15) is 0 Å². The van der Waals surface area contributed by atoms with Gasteiger partial charge in [-0.15, -0.1) is 0 Å². The van der Waals surface area contributed by atoms with Gasteiger partial charge in [0.25, 0.3) is 5.91 Å². The zero-order valence-corrected chi connectivity index (χ0v) is 24.0. The maximum atomic E-state index is 13.5. The maximum absolute atomic E-state index is 13.5. The lowest BCUT2D eigenvalue weighted by Crippen LogP contribution is -2.42. The summed E-state index contributed by atoms with van der Waals surface area (Å²) in [4.78, 5) is 43.8. The Balaban J connectivity index is 1.25. The van der Waals surface area contributed by atoms with Gasteiger partial charge in [0.2, 0.25) is 11.9 Å². The van der Waals surface area contributed by atoms with Crippen molar-refractivity contribution in [2.75, 3.05) is 37.4 Å². The van der Waals surface area contributed by atoms with Gasteiger partial charge < -0.3 is 31.0 Å². The van der Waals surface area contributed by atoms with E-state index in [1.807, 2.05) is 23.2 Å². The summed E-state index contributed by atoms with van der Waals surface area (Å²) in [7, 11) is 1.60. The minimum Gasteiger partial charge on any atom is -0.385 e. The molecule has 218 valence electrons. The average molecular weight is 589 g/mol. The third kappa shape index (κ3) is 6.43. The number of rotatable bonds is 10. The number of carbonyl (C=O) groups excluding carboxylic acids is 2. The third-order valence-electron chi connectivity index (χ3n) is 7.34. The van der Waals surface area contributed by atoms with Gasteiger partial charge in [-0.1, -0.05) is 18.2 Å². The highest BCUT2D eigenvalue weighted by Gasteiger charge is 2.26. The molecule has 11 nitrogen and oxygen atoms in total. The highest BCUT2D eigenvalue weighted by atomic mass is 35.5. The van der Waals surface area contributed by atoms with Gasteiger partial charge >= 0.3 is 0 Å². The monoisotopic (exact) mass is 588 g/mol. The molecule has 0 bridgehead atoms. The van der Waals surface area contributed by atoms with Crippen LogP contribution in [0.1, 0.15) is 41.2 Å². The van der Waals surface area contributed by atoms with Crippen molar-refractivity contribution in [1.29, 1.82) is 0 Å². The van der Waals surface area contributed by atoms with E-state index in [1.165, 1.54) is 6.08 Å². The van der Waals surface area contributed by atoms with Gasteiger partial charge in [0.1, 0.15) is 5.65 Å². The Labute approximate surface area is 248 Å². The number of hydrogen-bond acceptors (Lipinski definition) is 8. The van der Waals surface area contributed by atoms with E-state index in [0.717, 1.165) is 29.4 Å². The molecule has 2 amide bonds. The van der Waals surface area contributed by atoms with Crippen molar-refractivity contribution in [1.82, 2.24) is 24.8 Å². The lowest BCUT2D eigenvalue weighted by atomic mass is 9.98. The first-order valence-corrected chi connectivity index (χ1v) is 14.1. The van der Waals surface area contributed by atoms with Gasteiger partial charge in [-0.3, -0.25) is 9.59 Å².